The van der Waals surface area contributed by atoms with Gasteiger partial charge >= 0.3 is 11.0 Å². The van der Waals surface area contributed by atoms with Crippen LogP contribution in [0.15, 0.2) is 76.6 Å². The number of aromatic amines is 1. The summed E-state index contributed by atoms with van der Waals surface area (Å²) in [7, 11) is 0. The van der Waals surface area contributed by atoms with Crippen molar-refractivity contribution in [1.29, 1.82) is 0 Å². The van der Waals surface area contributed by atoms with Crippen LogP contribution in [0.5, 0.6) is 5.75 Å². The predicted molar refractivity (Wildman–Crippen MR) is 171 cm³/mol. The maximum atomic E-state index is 14.1. The van der Waals surface area contributed by atoms with Crippen molar-refractivity contribution in [2.45, 2.75) is 35.4 Å². The molecule has 3 aromatic carbocycles. The van der Waals surface area contributed by atoms with Crippen LogP contribution in [0.4, 0.5) is 24.5 Å². The van der Waals surface area contributed by atoms with Crippen molar-refractivity contribution in [3.05, 3.63) is 113 Å². The molecular formula is C33H23ClF3N3O6S2. The van der Waals surface area contributed by atoms with Crippen LogP contribution in [-0.4, -0.2) is 27.0 Å². The number of benzene rings is 3. The number of hydrogen-bond donors (Lipinski definition) is 1. The van der Waals surface area contributed by atoms with Crippen LogP contribution in [0, 0.1) is 39.7 Å². The number of imide groups is 1. The normalized spacial score (nSPS) is 27.2. The molecule has 2 amide bonds. The van der Waals surface area contributed by atoms with Gasteiger partial charge in [0, 0.05) is 38.8 Å². The van der Waals surface area contributed by atoms with Crippen molar-refractivity contribution in [2.24, 2.45) is 29.6 Å². The third-order valence-corrected chi connectivity index (χ3v) is 12.8. The molecule has 1 N–H and O–H groups in total. The van der Waals surface area contributed by atoms with Gasteiger partial charge in [-0.1, -0.05) is 47.2 Å². The number of fused-ring (bicyclic) bond motifs is 9. The molecule has 0 spiro atoms. The average Bonchev–Trinajstić information content (AvgIpc) is 3.78. The number of carbonyl (C=O) groups excluding carboxylic acids is 2. The molecule has 7 atom stereocenters. The number of carbonyl (C=O) groups is 2. The van der Waals surface area contributed by atoms with E-state index in [-0.39, 0.29) is 34.3 Å². The zero-order valence-electron chi connectivity index (χ0n) is 24.5. The van der Waals surface area contributed by atoms with Gasteiger partial charge in [0.05, 0.1) is 33.0 Å². The maximum Gasteiger partial charge on any atom is 0.418 e. The Labute approximate surface area is 283 Å². The molecule has 2 saturated carbocycles. The second-order valence-corrected chi connectivity index (χ2v) is 15.0. The number of thioether (sulfide) groups is 1. The molecule has 48 heavy (non-hydrogen) atoms. The number of hydrogen-bond acceptors (Lipinski definition) is 8. The molecule has 1 aromatic heterocycles. The molecule has 4 aliphatic rings. The molecule has 4 aromatic rings. The molecule has 9 nitrogen and oxygen atoms in total. The number of nitro benzene ring substituents is 1. The fourth-order valence-corrected chi connectivity index (χ4v) is 11.4. The molecule has 2 bridgehead atoms. The van der Waals surface area contributed by atoms with Gasteiger partial charge in [-0.3, -0.25) is 24.5 Å². The Morgan fingerprint density at radius 2 is 1.75 bits per heavy atom. The lowest BCUT2D eigenvalue weighted by Gasteiger charge is -2.43. The van der Waals surface area contributed by atoms with Gasteiger partial charge in [-0.05, 0) is 60.1 Å². The Morgan fingerprint density at radius 3 is 2.48 bits per heavy atom. The Balaban J connectivity index is 1.22. The van der Waals surface area contributed by atoms with Gasteiger partial charge in [0.25, 0.3) is 5.69 Å². The van der Waals surface area contributed by atoms with E-state index >= 15 is 0 Å². The monoisotopic (exact) mass is 713 g/mol. The minimum absolute atomic E-state index is 0.0917. The number of nitrogens with one attached hydrogen (secondary N) is 1. The summed E-state index contributed by atoms with van der Waals surface area (Å²) in [6.45, 7) is 0.0917. The first kappa shape index (κ1) is 31.1. The third kappa shape index (κ3) is 4.78. The quantitative estimate of drug-likeness (QED) is 0.127. The van der Waals surface area contributed by atoms with Gasteiger partial charge in [-0.2, -0.15) is 13.2 Å². The molecule has 246 valence electrons. The first-order valence-corrected chi connectivity index (χ1v) is 17.1. The topological polar surface area (TPSA) is 123 Å². The van der Waals surface area contributed by atoms with E-state index in [4.69, 9.17) is 16.3 Å². The molecular weight excluding hydrogens is 691 g/mol. The summed E-state index contributed by atoms with van der Waals surface area (Å²) >= 11 is 8.54. The van der Waals surface area contributed by atoms with Gasteiger partial charge in [-0.25, -0.2) is 4.90 Å². The number of amides is 2. The van der Waals surface area contributed by atoms with E-state index in [1.807, 2.05) is 6.07 Å². The van der Waals surface area contributed by atoms with Gasteiger partial charge in [-0.15, -0.1) is 11.8 Å². The van der Waals surface area contributed by atoms with Crippen molar-refractivity contribution in [3.63, 3.8) is 0 Å². The number of nitro groups is 1. The zero-order valence-corrected chi connectivity index (χ0v) is 26.9. The van der Waals surface area contributed by atoms with Crippen molar-refractivity contribution in [2.75, 3.05) is 4.90 Å². The number of non-ortho nitro benzene ring substituents is 1. The summed E-state index contributed by atoms with van der Waals surface area (Å²) in [6.07, 6.45) is -4.31. The number of anilines is 1. The third-order valence-electron chi connectivity index (χ3n) is 10.00. The Bertz CT molecular complexity index is 2090. The van der Waals surface area contributed by atoms with Crippen LogP contribution in [0.2, 0.25) is 5.02 Å². The standard InChI is InChI=1S/C33H23ClF3N3O6S2/c34-15-5-3-4-14(10-15)13-46-22-9-8-16(40(44)45)11-17(22)23-24-18-12-19(27(24)47-29-28(23)48-32(43)38-29)26-25(18)30(41)39(31(26)42)21-7-2-1-6-20(21)33(35,36)37/h1-11,18-19,23-27H,12-13H2,(H,38,43)/t18-,19-,23?,24?,25?,26?,27?/m1/s1. The highest BCUT2D eigenvalue weighted by Gasteiger charge is 2.70. The summed E-state index contributed by atoms with van der Waals surface area (Å²) in [4.78, 5) is 56.1. The van der Waals surface area contributed by atoms with Crippen LogP contribution < -0.4 is 14.5 Å². The lowest BCUT2D eigenvalue weighted by Crippen LogP contribution is -2.42. The smallest absolute Gasteiger partial charge is 0.418 e. The molecule has 2 aliphatic carbocycles. The first-order chi connectivity index (χ1) is 22.9. The van der Waals surface area contributed by atoms with Crippen LogP contribution >= 0.6 is 34.7 Å². The Hall–Kier alpha value is -4.14. The molecule has 1 saturated heterocycles. The molecule has 3 heterocycles. The van der Waals surface area contributed by atoms with E-state index in [0.29, 0.717) is 37.6 Å². The number of thiazole rings is 1. The van der Waals surface area contributed by atoms with Crippen LogP contribution in [0.1, 0.15) is 33.9 Å². The number of aromatic nitrogens is 1. The van der Waals surface area contributed by atoms with Gasteiger partial charge < -0.3 is 9.72 Å². The van der Waals surface area contributed by atoms with Crippen LogP contribution in [0.25, 0.3) is 0 Å². The largest absolute Gasteiger partial charge is 0.489 e. The van der Waals surface area contributed by atoms with Crippen LogP contribution in [0.3, 0.4) is 0 Å². The van der Waals surface area contributed by atoms with Crippen molar-refractivity contribution in [1.82, 2.24) is 4.98 Å². The van der Waals surface area contributed by atoms with E-state index in [1.165, 1.54) is 42.1 Å². The summed E-state index contributed by atoms with van der Waals surface area (Å²) in [6, 6.07) is 15.9. The molecule has 3 fully saturated rings. The van der Waals surface area contributed by atoms with E-state index in [2.05, 4.69) is 4.98 Å². The minimum Gasteiger partial charge on any atom is -0.489 e. The summed E-state index contributed by atoms with van der Waals surface area (Å²) in [5.41, 5.74) is -0.533. The van der Waals surface area contributed by atoms with E-state index < -0.39 is 57.8 Å². The number of H-pyrrole nitrogens is 1. The first-order valence-electron chi connectivity index (χ1n) is 15.0. The highest BCUT2D eigenvalue weighted by atomic mass is 35.5. The van der Waals surface area contributed by atoms with Crippen molar-refractivity contribution in [3.8, 4) is 5.75 Å². The number of ether oxygens (including phenoxy) is 1. The van der Waals surface area contributed by atoms with Gasteiger partial charge in [0.2, 0.25) is 11.8 Å². The second kappa shape index (κ2) is 11.2. The number of para-hydroxylation sites is 1. The lowest BCUT2D eigenvalue weighted by molar-refractivity contribution is -0.385. The highest BCUT2D eigenvalue weighted by Crippen LogP contribution is 2.69. The summed E-state index contributed by atoms with van der Waals surface area (Å²) in [5.74, 6) is -4.50. The Morgan fingerprint density at radius 1 is 1.00 bits per heavy atom. The van der Waals surface area contributed by atoms with Crippen molar-refractivity contribution >= 4 is 57.9 Å². The minimum atomic E-state index is -4.79. The molecule has 15 heteroatoms. The predicted octanol–water partition coefficient (Wildman–Crippen LogP) is 7.27. The van der Waals surface area contributed by atoms with E-state index in [0.717, 1.165) is 29.0 Å². The number of nitrogens with zero attached hydrogens (tertiary/aromatic N) is 2. The number of alkyl halides is 3. The van der Waals surface area contributed by atoms with Crippen LogP contribution in [-0.2, 0) is 22.4 Å². The summed E-state index contributed by atoms with van der Waals surface area (Å²) in [5, 5.41) is 12.8. The maximum absolute atomic E-state index is 14.1. The number of halogens is 4. The average molecular weight is 714 g/mol. The molecule has 5 unspecified atom stereocenters. The number of rotatable bonds is 6. The fourth-order valence-electron chi connectivity index (χ4n) is 8.32. The highest BCUT2D eigenvalue weighted by molar-refractivity contribution is 8.00. The van der Waals surface area contributed by atoms with Gasteiger partial charge in [0.15, 0.2) is 0 Å². The van der Waals surface area contributed by atoms with Crippen molar-refractivity contribution < 1.29 is 32.4 Å². The molecule has 8 rings (SSSR count). The summed E-state index contributed by atoms with van der Waals surface area (Å²) < 4.78 is 48.3. The van der Waals surface area contributed by atoms with Gasteiger partial charge in [0.1, 0.15) is 12.4 Å². The second-order valence-electron chi connectivity index (χ2n) is 12.4. The SMILES string of the molecule is O=C1C2C(C(=O)N1c1ccccc1C(F)(F)F)[C@@H]1C[C@H]2C2Sc3[nH]c(=O)sc3C(c3cc([N+](=O)[O-])ccc3OCc3cccc(Cl)c3)C21. The van der Waals surface area contributed by atoms with E-state index in [1.54, 1.807) is 18.2 Å². The van der Waals surface area contributed by atoms with E-state index in [9.17, 15) is 37.7 Å². The Kier molecular flexibility index (Phi) is 7.27. The molecule has 2 aliphatic heterocycles. The zero-order chi connectivity index (χ0) is 33.6. The molecule has 0 radical (unpaired) electrons. The fraction of sp³-hybridized carbons (Fsp3) is 0.303. The lowest BCUT2D eigenvalue weighted by atomic mass is 9.68.